The van der Waals surface area contributed by atoms with Gasteiger partial charge in [0.2, 0.25) is 11.8 Å². The first-order valence-electron chi connectivity index (χ1n) is 8.31. The minimum Gasteiger partial charge on any atom is -0.350 e. The van der Waals surface area contributed by atoms with Crippen LogP contribution in [0.2, 0.25) is 0 Å². The maximum absolute atomic E-state index is 12.3. The molecule has 0 spiro atoms. The minimum absolute atomic E-state index is 0.0587. The molecule has 2 rings (SSSR count). The van der Waals surface area contributed by atoms with Crippen molar-refractivity contribution in [3.05, 3.63) is 12.2 Å². The lowest BCUT2D eigenvalue weighted by Crippen LogP contribution is -2.53. The Labute approximate surface area is 133 Å². The van der Waals surface area contributed by atoms with Gasteiger partial charge in [-0.1, -0.05) is 12.2 Å². The monoisotopic (exact) mass is 307 g/mol. The molecule has 0 aromatic carbocycles. The third kappa shape index (κ3) is 5.44. The molecule has 1 aliphatic carbocycles. The zero-order valence-electron chi connectivity index (χ0n) is 14.1. The van der Waals surface area contributed by atoms with Gasteiger partial charge in [0.15, 0.2) is 0 Å². The van der Waals surface area contributed by atoms with Gasteiger partial charge in [-0.3, -0.25) is 14.5 Å². The molecule has 0 aromatic rings. The topological polar surface area (TPSA) is 52.7 Å². The highest BCUT2D eigenvalue weighted by atomic mass is 16.2. The van der Waals surface area contributed by atoms with E-state index in [0.29, 0.717) is 18.9 Å². The minimum atomic E-state index is -0.191. The van der Waals surface area contributed by atoms with E-state index >= 15 is 0 Å². The first-order valence-corrected chi connectivity index (χ1v) is 8.31. The van der Waals surface area contributed by atoms with Gasteiger partial charge < -0.3 is 10.2 Å². The molecule has 1 unspecified atom stereocenters. The largest absolute Gasteiger partial charge is 0.350 e. The number of rotatable bonds is 4. The summed E-state index contributed by atoms with van der Waals surface area (Å²) in [5.41, 5.74) is -0.191. The first kappa shape index (κ1) is 17.0. The number of nitrogens with one attached hydrogen (secondary N) is 1. The van der Waals surface area contributed by atoms with Crippen molar-refractivity contribution in [2.24, 2.45) is 5.92 Å². The van der Waals surface area contributed by atoms with Gasteiger partial charge in [0.05, 0.1) is 6.54 Å². The van der Waals surface area contributed by atoms with Gasteiger partial charge in [-0.25, -0.2) is 0 Å². The Kier molecular flexibility index (Phi) is 5.62. The van der Waals surface area contributed by atoms with Crippen LogP contribution in [0.4, 0.5) is 0 Å². The Bertz CT molecular complexity index is 432. The standard InChI is InChI=1S/C17H29N3O2/c1-17(2,3)18-15(21)13-19-8-10-20(11-9-19)16(22)12-14-6-4-5-7-14/h4,6,14H,5,7-13H2,1-3H3,(H,18,21). The average molecular weight is 307 g/mol. The molecular formula is C17H29N3O2. The highest BCUT2D eigenvalue weighted by molar-refractivity contribution is 5.79. The lowest BCUT2D eigenvalue weighted by atomic mass is 10.0. The summed E-state index contributed by atoms with van der Waals surface area (Å²) in [5, 5.41) is 2.98. The van der Waals surface area contributed by atoms with E-state index in [1.165, 1.54) is 0 Å². The molecule has 1 heterocycles. The maximum atomic E-state index is 12.3. The Morgan fingerprint density at radius 1 is 1.18 bits per heavy atom. The lowest BCUT2D eigenvalue weighted by Gasteiger charge is -2.35. The average Bonchev–Trinajstić information content (AvgIpc) is 2.90. The van der Waals surface area contributed by atoms with Gasteiger partial charge in [-0.05, 0) is 39.5 Å². The van der Waals surface area contributed by atoms with Gasteiger partial charge >= 0.3 is 0 Å². The Balaban J connectivity index is 1.70. The molecule has 1 fully saturated rings. The second-order valence-electron chi connectivity index (χ2n) is 7.42. The molecule has 5 heteroatoms. The van der Waals surface area contributed by atoms with Crippen LogP contribution >= 0.6 is 0 Å². The quantitative estimate of drug-likeness (QED) is 0.799. The Morgan fingerprint density at radius 3 is 2.41 bits per heavy atom. The van der Waals surface area contributed by atoms with E-state index in [4.69, 9.17) is 0 Å². The number of nitrogens with zero attached hydrogens (tertiary/aromatic N) is 2. The van der Waals surface area contributed by atoms with Crippen molar-refractivity contribution < 1.29 is 9.59 Å². The van der Waals surface area contributed by atoms with Crippen molar-refractivity contribution >= 4 is 11.8 Å². The number of amides is 2. The van der Waals surface area contributed by atoms with Crippen molar-refractivity contribution in [3.8, 4) is 0 Å². The second kappa shape index (κ2) is 7.27. The molecular weight excluding hydrogens is 278 g/mol. The van der Waals surface area contributed by atoms with Crippen LogP contribution < -0.4 is 5.32 Å². The third-order valence-electron chi connectivity index (χ3n) is 4.16. The molecule has 0 aromatic heterocycles. The fourth-order valence-corrected chi connectivity index (χ4v) is 3.03. The number of allylic oxidation sites excluding steroid dienone is 2. The first-order chi connectivity index (χ1) is 10.3. The van der Waals surface area contributed by atoms with Crippen LogP contribution in [0.15, 0.2) is 12.2 Å². The van der Waals surface area contributed by atoms with Gasteiger partial charge in [0.25, 0.3) is 0 Å². The van der Waals surface area contributed by atoms with E-state index in [1.807, 2.05) is 25.7 Å². The fourth-order valence-electron chi connectivity index (χ4n) is 3.03. The third-order valence-corrected chi connectivity index (χ3v) is 4.16. The normalized spacial score (nSPS) is 22.9. The molecule has 0 saturated carbocycles. The lowest BCUT2D eigenvalue weighted by molar-refractivity contribution is -0.134. The van der Waals surface area contributed by atoms with Crippen LogP contribution in [0, 0.1) is 5.92 Å². The van der Waals surface area contributed by atoms with E-state index in [-0.39, 0.29) is 17.4 Å². The van der Waals surface area contributed by atoms with Gasteiger partial charge in [0.1, 0.15) is 0 Å². The summed E-state index contributed by atoms with van der Waals surface area (Å²) >= 11 is 0. The molecule has 1 aliphatic heterocycles. The summed E-state index contributed by atoms with van der Waals surface area (Å²) in [6.07, 6.45) is 7.20. The van der Waals surface area contributed by atoms with E-state index in [2.05, 4.69) is 22.4 Å². The van der Waals surface area contributed by atoms with Crippen LogP contribution in [-0.2, 0) is 9.59 Å². The van der Waals surface area contributed by atoms with Crippen LogP contribution in [-0.4, -0.2) is 59.9 Å². The number of carbonyl (C=O) groups excluding carboxylic acids is 2. The number of carbonyl (C=O) groups is 2. The predicted octanol–water partition coefficient (Wildman–Crippen LogP) is 1.40. The van der Waals surface area contributed by atoms with E-state index < -0.39 is 0 Å². The van der Waals surface area contributed by atoms with Crippen molar-refractivity contribution in [1.29, 1.82) is 0 Å². The number of hydrogen-bond donors (Lipinski definition) is 1. The van der Waals surface area contributed by atoms with Crippen LogP contribution in [0.25, 0.3) is 0 Å². The smallest absolute Gasteiger partial charge is 0.234 e. The molecule has 1 saturated heterocycles. The zero-order chi connectivity index (χ0) is 16.2. The van der Waals surface area contributed by atoms with Crippen molar-refractivity contribution in [2.45, 2.75) is 45.6 Å². The SMILES string of the molecule is CC(C)(C)NC(=O)CN1CCN(C(=O)CC2C=CCC2)CC1. The van der Waals surface area contributed by atoms with E-state index in [9.17, 15) is 9.59 Å². The van der Waals surface area contributed by atoms with Crippen molar-refractivity contribution in [3.63, 3.8) is 0 Å². The van der Waals surface area contributed by atoms with Gasteiger partial charge in [-0.15, -0.1) is 0 Å². The summed E-state index contributed by atoms with van der Waals surface area (Å²) in [7, 11) is 0. The molecule has 0 bridgehead atoms. The summed E-state index contributed by atoms with van der Waals surface area (Å²) < 4.78 is 0. The van der Waals surface area contributed by atoms with Crippen LogP contribution in [0.1, 0.15) is 40.0 Å². The van der Waals surface area contributed by atoms with Crippen molar-refractivity contribution in [1.82, 2.24) is 15.1 Å². The molecule has 1 atom stereocenters. The number of piperazine rings is 1. The highest BCUT2D eigenvalue weighted by Crippen LogP contribution is 2.21. The Hall–Kier alpha value is -1.36. The molecule has 1 N–H and O–H groups in total. The second-order valence-corrected chi connectivity index (χ2v) is 7.42. The summed E-state index contributed by atoms with van der Waals surface area (Å²) in [5.74, 6) is 0.752. The molecule has 0 radical (unpaired) electrons. The molecule has 2 aliphatic rings. The maximum Gasteiger partial charge on any atom is 0.234 e. The number of hydrogen-bond acceptors (Lipinski definition) is 3. The zero-order valence-corrected chi connectivity index (χ0v) is 14.1. The van der Waals surface area contributed by atoms with E-state index in [0.717, 1.165) is 39.0 Å². The Morgan fingerprint density at radius 2 is 1.86 bits per heavy atom. The molecule has 2 amide bonds. The van der Waals surface area contributed by atoms with Crippen LogP contribution in [0.5, 0.6) is 0 Å². The summed E-state index contributed by atoms with van der Waals surface area (Å²) in [6.45, 7) is 9.41. The highest BCUT2D eigenvalue weighted by Gasteiger charge is 2.25. The van der Waals surface area contributed by atoms with Gasteiger partial charge in [-0.2, -0.15) is 0 Å². The van der Waals surface area contributed by atoms with E-state index in [1.54, 1.807) is 0 Å². The van der Waals surface area contributed by atoms with Crippen LogP contribution in [0.3, 0.4) is 0 Å². The fraction of sp³-hybridized carbons (Fsp3) is 0.765. The molecule has 124 valence electrons. The summed E-state index contributed by atoms with van der Waals surface area (Å²) in [4.78, 5) is 28.3. The molecule has 5 nitrogen and oxygen atoms in total. The summed E-state index contributed by atoms with van der Waals surface area (Å²) in [6, 6.07) is 0. The molecule has 22 heavy (non-hydrogen) atoms. The predicted molar refractivity (Wildman–Crippen MR) is 87.4 cm³/mol. The van der Waals surface area contributed by atoms with Gasteiger partial charge in [0, 0.05) is 38.1 Å². The van der Waals surface area contributed by atoms with Crippen molar-refractivity contribution in [2.75, 3.05) is 32.7 Å².